The molecule has 0 unspecified atom stereocenters. The van der Waals surface area contributed by atoms with Crippen molar-refractivity contribution >= 4 is 90.5 Å². The van der Waals surface area contributed by atoms with Gasteiger partial charge >= 0.3 is 12.4 Å². The minimum absolute atomic E-state index is 0.202. The van der Waals surface area contributed by atoms with Crippen LogP contribution in [0.2, 0.25) is 0 Å². The summed E-state index contributed by atoms with van der Waals surface area (Å²) >= 11 is 7.01. The molecular weight excluding hydrogens is 927 g/mol. The van der Waals surface area contributed by atoms with Crippen LogP contribution in [-0.2, 0) is 0 Å². The fourth-order valence-corrected chi connectivity index (χ4v) is 13.1. The molecule has 0 aliphatic rings. The van der Waals surface area contributed by atoms with E-state index in [1.165, 1.54) is 58.3 Å². The maximum atomic E-state index is 15.0. The normalized spacial score (nSPS) is 12.7. The quantitative estimate of drug-likeness (QED) is 0.112. The molecule has 7 aromatic heterocycles. The standard InChI is InChI=1S/C38H10F10N4S7/c39-29-31(41)35(58-33(29)15(11-49)17(13-51)37(43,44)45)27-9-7-25(56-27)23-5-3-21(54-23)19-1-2-20(53-19)22-4-6-24(55-22)26-8-10-28(57-26)36-32(42)30(40)34(59-36)16(12-50)18(14-52)38(46,47)48/h1-10H/b17-15+,18-16+. The van der Waals surface area contributed by atoms with Crippen LogP contribution in [0, 0.1) is 68.6 Å². The van der Waals surface area contributed by atoms with Gasteiger partial charge in [0.1, 0.15) is 24.3 Å². The number of rotatable bonds is 8. The molecule has 7 heterocycles. The number of nitrogens with zero attached hydrogens (tertiary/aromatic N) is 4. The minimum atomic E-state index is -5.25. The first-order valence-electron chi connectivity index (χ1n) is 15.7. The third-order valence-corrected chi connectivity index (χ3v) is 16.9. The van der Waals surface area contributed by atoms with Crippen LogP contribution >= 0.6 is 79.4 Å². The highest BCUT2D eigenvalue weighted by atomic mass is 32.1. The predicted molar refractivity (Wildman–Crippen MR) is 212 cm³/mol. The molecule has 0 saturated carbocycles. The molecule has 294 valence electrons. The Bertz CT molecular complexity index is 2840. The molecule has 21 heteroatoms. The molecule has 0 saturated heterocycles. The third-order valence-electron chi connectivity index (χ3n) is 8.01. The lowest BCUT2D eigenvalue weighted by Gasteiger charge is -2.05. The fraction of sp³-hybridized carbons (Fsp3) is 0.0526. The molecule has 0 radical (unpaired) electrons. The maximum absolute atomic E-state index is 15.0. The Morgan fingerprint density at radius 1 is 0.356 bits per heavy atom. The summed E-state index contributed by atoms with van der Waals surface area (Å²) in [5.74, 6) is -6.19. The summed E-state index contributed by atoms with van der Waals surface area (Å²) in [7, 11) is 0. The molecule has 59 heavy (non-hydrogen) atoms. The Kier molecular flexibility index (Phi) is 11.3. The molecule has 7 rings (SSSR count). The van der Waals surface area contributed by atoms with Gasteiger partial charge < -0.3 is 0 Å². The highest BCUT2D eigenvalue weighted by molar-refractivity contribution is 7.31. The number of hydrogen-bond donors (Lipinski definition) is 0. The van der Waals surface area contributed by atoms with E-state index in [0.29, 0.717) is 32.4 Å². The number of halogens is 10. The SMILES string of the molecule is N#C/C(=C(/C#N)C(F)(F)F)c1sc(-c2ccc(-c3ccc(-c4ccc(-c5ccc(-c6ccc(-c7sc(/C(C#N)=C(\C#N)C(F)(F)F)c(F)c7F)s6)s5)s4)s3)s2)c(F)c1F. The number of hydrogen-bond acceptors (Lipinski definition) is 11. The van der Waals surface area contributed by atoms with Crippen molar-refractivity contribution in [2.75, 3.05) is 0 Å². The first-order valence-corrected chi connectivity index (χ1v) is 21.4. The Morgan fingerprint density at radius 3 is 0.814 bits per heavy atom. The van der Waals surface area contributed by atoms with E-state index in [4.69, 9.17) is 10.5 Å². The number of alkyl halides is 6. The Labute approximate surface area is 353 Å². The average molecular weight is 937 g/mol. The Hall–Kier alpha value is -5.36. The molecule has 0 aliphatic heterocycles. The van der Waals surface area contributed by atoms with Crippen molar-refractivity contribution in [2.45, 2.75) is 12.4 Å². The second-order valence-electron chi connectivity index (χ2n) is 11.5. The summed E-state index contributed by atoms with van der Waals surface area (Å²) < 4.78 is 140. The molecule has 4 nitrogen and oxygen atoms in total. The second-order valence-corrected chi connectivity index (χ2v) is 19.0. The van der Waals surface area contributed by atoms with Gasteiger partial charge in [0, 0.05) is 48.8 Å². The molecule has 0 atom stereocenters. The van der Waals surface area contributed by atoms with Crippen LogP contribution in [0.4, 0.5) is 43.9 Å². The van der Waals surface area contributed by atoms with E-state index in [1.54, 1.807) is 12.1 Å². The van der Waals surface area contributed by atoms with Gasteiger partial charge in [0.05, 0.1) is 30.7 Å². The van der Waals surface area contributed by atoms with Gasteiger partial charge in [-0.25, -0.2) is 17.6 Å². The van der Waals surface area contributed by atoms with Crippen molar-refractivity contribution < 1.29 is 43.9 Å². The monoisotopic (exact) mass is 936 g/mol. The van der Waals surface area contributed by atoms with Crippen molar-refractivity contribution in [2.24, 2.45) is 0 Å². The van der Waals surface area contributed by atoms with E-state index >= 15 is 8.78 Å². The van der Waals surface area contributed by atoms with Crippen LogP contribution in [0.3, 0.4) is 0 Å². The third kappa shape index (κ3) is 7.79. The molecule has 0 aliphatic carbocycles. The van der Waals surface area contributed by atoms with Crippen LogP contribution in [0.25, 0.3) is 69.7 Å². The highest BCUT2D eigenvalue weighted by Crippen LogP contribution is 2.49. The molecule has 0 spiro atoms. The lowest BCUT2D eigenvalue weighted by molar-refractivity contribution is -0.0876. The second kappa shape index (κ2) is 16.0. The van der Waals surface area contributed by atoms with Gasteiger partial charge in [0.2, 0.25) is 0 Å². The largest absolute Gasteiger partial charge is 0.427 e. The van der Waals surface area contributed by atoms with Gasteiger partial charge in [0.25, 0.3) is 0 Å². The molecule has 0 fully saturated rings. The van der Waals surface area contributed by atoms with E-state index in [1.807, 2.05) is 36.4 Å². The summed E-state index contributed by atoms with van der Waals surface area (Å²) in [6.07, 6.45) is -10.5. The van der Waals surface area contributed by atoms with Gasteiger partial charge in [-0.05, 0) is 60.7 Å². The van der Waals surface area contributed by atoms with Gasteiger partial charge in [-0.1, -0.05) is 0 Å². The molecule has 7 aromatic rings. The maximum Gasteiger partial charge on any atom is 0.427 e. The van der Waals surface area contributed by atoms with Gasteiger partial charge in [-0.15, -0.1) is 79.4 Å². The Balaban J connectivity index is 1.10. The molecular formula is C38H10F10N4S7. The van der Waals surface area contributed by atoms with Crippen LogP contribution in [0.1, 0.15) is 9.75 Å². The molecule has 0 N–H and O–H groups in total. The summed E-state index contributed by atoms with van der Waals surface area (Å²) in [4.78, 5) is 4.28. The lowest BCUT2D eigenvalue weighted by atomic mass is 10.1. The van der Waals surface area contributed by atoms with E-state index in [9.17, 15) is 45.6 Å². The fourth-order valence-electron chi connectivity index (χ4n) is 5.38. The number of allylic oxidation sites excluding steroid dienone is 4. The summed E-state index contributed by atoms with van der Waals surface area (Å²) in [5, 5.41) is 36.6. The van der Waals surface area contributed by atoms with Crippen molar-refractivity contribution in [3.8, 4) is 82.8 Å². The van der Waals surface area contributed by atoms with E-state index in [-0.39, 0.29) is 19.5 Å². The molecule has 0 aromatic carbocycles. The van der Waals surface area contributed by atoms with Crippen molar-refractivity contribution in [1.29, 1.82) is 21.0 Å². The highest BCUT2D eigenvalue weighted by Gasteiger charge is 2.40. The minimum Gasteiger partial charge on any atom is -0.202 e. The van der Waals surface area contributed by atoms with Crippen LogP contribution in [0.5, 0.6) is 0 Å². The van der Waals surface area contributed by atoms with Crippen molar-refractivity contribution in [1.82, 2.24) is 0 Å². The van der Waals surface area contributed by atoms with Crippen LogP contribution in [0.15, 0.2) is 71.8 Å². The smallest absolute Gasteiger partial charge is 0.202 e. The summed E-state index contributed by atoms with van der Waals surface area (Å²) in [6, 6.07) is 21.6. The molecule has 0 amide bonds. The van der Waals surface area contributed by atoms with Crippen molar-refractivity contribution in [3.63, 3.8) is 0 Å². The zero-order valence-electron chi connectivity index (χ0n) is 28.2. The number of nitriles is 4. The predicted octanol–water partition coefficient (Wildman–Crippen LogP) is 15.4. The zero-order valence-corrected chi connectivity index (χ0v) is 33.9. The van der Waals surface area contributed by atoms with Crippen LogP contribution in [-0.4, -0.2) is 12.4 Å². The zero-order chi connectivity index (χ0) is 42.6. The van der Waals surface area contributed by atoms with E-state index in [0.717, 1.165) is 64.1 Å². The first kappa shape index (κ1) is 41.8. The lowest BCUT2D eigenvalue weighted by Crippen LogP contribution is -2.12. The Morgan fingerprint density at radius 2 is 0.593 bits per heavy atom. The number of thiophene rings is 7. The van der Waals surface area contributed by atoms with E-state index < -0.39 is 67.7 Å². The summed E-state index contributed by atoms with van der Waals surface area (Å²) in [5.41, 5.74) is -6.47. The topological polar surface area (TPSA) is 95.2 Å². The van der Waals surface area contributed by atoms with Gasteiger partial charge in [-0.3, -0.25) is 0 Å². The van der Waals surface area contributed by atoms with Crippen molar-refractivity contribution in [3.05, 3.63) is 105 Å². The van der Waals surface area contributed by atoms with Gasteiger partial charge in [0.15, 0.2) is 34.4 Å². The summed E-state index contributed by atoms with van der Waals surface area (Å²) in [6.45, 7) is 0. The average Bonchev–Trinajstić information content (AvgIpc) is 4.04. The molecule has 0 bridgehead atoms. The first-order chi connectivity index (χ1) is 28.0. The van der Waals surface area contributed by atoms with E-state index in [2.05, 4.69) is 0 Å². The van der Waals surface area contributed by atoms with Crippen LogP contribution < -0.4 is 0 Å². The van der Waals surface area contributed by atoms with Gasteiger partial charge in [-0.2, -0.15) is 47.4 Å².